The number of hydrogen-bond acceptors (Lipinski definition) is 6. The van der Waals surface area contributed by atoms with E-state index in [1.54, 1.807) is 19.2 Å². The smallest absolute Gasteiger partial charge is 0.221 e. The lowest BCUT2D eigenvalue weighted by atomic mass is 9.84. The maximum atomic E-state index is 13.8. The van der Waals surface area contributed by atoms with Crippen LogP contribution in [0.5, 0.6) is 5.75 Å². The SMILES string of the molecule is CN1O[C@@]2(C[C@H]([C@@H]3CCCOC3)Oc3ccc(-c4cc(F)cc(F)c4)cc32)N=C1N. The van der Waals surface area contributed by atoms with Gasteiger partial charge in [0.1, 0.15) is 23.5 Å². The molecule has 1 saturated heterocycles. The van der Waals surface area contributed by atoms with Crippen molar-refractivity contribution in [1.82, 2.24) is 5.06 Å². The van der Waals surface area contributed by atoms with Gasteiger partial charge in [-0.2, -0.15) is 0 Å². The van der Waals surface area contributed by atoms with Crippen LogP contribution in [0.1, 0.15) is 24.8 Å². The first-order valence-corrected chi connectivity index (χ1v) is 10.1. The summed E-state index contributed by atoms with van der Waals surface area (Å²) in [6, 6.07) is 8.84. The zero-order valence-electron chi connectivity index (χ0n) is 16.6. The van der Waals surface area contributed by atoms with Crippen molar-refractivity contribution in [3.05, 3.63) is 53.6 Å². The first-order valence-electron chi connectivity index (χ1n) is 10.1. The summed E-state index contributed by atoms with van der Waals surface area (Å²) < 4.78 is 39.5. The Balaban J connectivity index is 1.58. The van der Waals surface area contributed by atoms with Crippen molar-refractivity contribution in [2.24, 2.45) is 16.6 Å². The molecule has 158 valence electrons. The number of nitrogens with two attached hydrogens (primary N) is 1. The summed E-state index contributed by atoms with van der Waals surface area (Å²) >= 11 is 0. The van der Waals surface area contributed by atoms with Gasteiger partial charge in [0, 0.05) is 32.1 Å². The molecule has 0 amide bonds. The summed E-state index contributed by atoms with van der Waals surface area (Å²) in [5.41, 5.74) is 6.75. The van der Waals surface area contributed by atoms with Crippen LogP contribution in [0.4, 0.5) is 8.78 Å². The molecule has 2 N–H and O–H groups in total. The topological polar surface area (TPSA) is 69.3 Å². The highest BCUT2D eigenvalue weighted by Gasteiger charge is 2.50. The fourth-order valence-electron chi connectivity index (χ4n) is 4.49. The van der Waals surface area contributed by atoms with E-state index >= 15 is 0 Å². The highest BCUT2D eigenvalue weighted by molar-refractivity contribution is 5.79. The van der Waals surface area contributed by atoms with Crippen molar-refractivity contribution in [2.45, 2.75) is 31.1 Å². The third-order valence-corrected chi connectivity index (χ3v) is 5.98. The second-order valence-electron chi connectivity index (χ2n) is 8.05. The normalized spacial score (nSPS) is 28.2. The molecule has 5 rings (SSSR count). The lowest BCUT2D eigenvalue weighted by molar-refractivity contribution is -0.196. The highest BCUT2D eigenvalue weighted by Crippen LogP contribution is 2.48. The van der Waals surface area contributed by atoms with Gasteiger partial charge in [0.15, 0.2) is 0 Å². The van der Waals surface area contributed by atoms with Crippen molar-refractivity contribution in [1.29, 1.82) is 0 Å². The summed E-state index contributed by atoms with van der Waals surface area (Å²) in [7, 11) is 1.70. The molecule has 0 saturated carbocycles. The Kier molecular flexibility index (Phi) is 4.63. The van der Waals surface area contributed by atoms with E-state index in [0.717, 1.165) is 25.5 Å². The molecule has 3 aliphatic rings. The quantitative estimate of drug-likeness (QED) is 0.812. The minimum absolute atomic E-state index is 0.140. The van der Waals surface area contributed by atoms with E-state index in [1.807, 2.05) is 6.07 Å². The van der Waals surface area contributed by atoms with Gasteiger partial charge in [-0.25, -0.2) is 23.7 Å². The van der Waals surface area contributed by atoms with Crippen LogP contribution in [-0.4, -0.2) is 37.4 Å². The van der Waals surface area contributed by atoms with Crippen LogP contribution in [0, 0.1) is 17.6 Å². The van der Waals surface area contributed by atoms with Crippen LogP contribution in [0.15, 0.2) is 41.4 Å². The molecule has 0 aromatic heterocycles. The average molecular weight is 415 g/mol. The number of ether oxygens (including phenoxy) is 2. The molecule has 1 spiro atoms. The number of hydroxylamine groups is 2. The van der Waals surface area contributed by atoms with Crippen LogP contribution in [-0.2, 0) is 15.3 Å². The standard InChI is InChI=1S/C22H23F2N3O3/c1-27-21(25)26-22(30-27)11-20(14-3-2-6-28-12-14)29-19-5-4-13(9-18(19)22)15-7-16(23)10-17(24)8-15/h4-5,7-10,14,20H,2-3,6,11-12H2,1H3,(H2,25,26)/t14-,20-,22-/m1/s1. The molecule has 3 heterocycles. The molecule has 0 aliphatic carbocycles. The van der Waals surface area contributed by atoms with E-state index in [1.165, 1.54) is 17.2 Å². The summed E-state index contributed by atoms with van der Waals surface area (Å²) in [5.74, 6) is -0.144. The van der Waals surface area contributed by atoms with Crippen molar-refractivity contribution in [3.8, 4) is 16.9 Å². The molecule has 8 heteroatoms. The molecule has 2 aromatic rings. The first-order chi connectivity index (χ1) is 14.4. The Morgan fingerprint density at radius 1 is 1.13 bits per heavy atom. The monoisotopic (exact) mass is 415 g/mol. The molecule has 2 aromatic carbocycles. The molecule has 0 bridgehead atoms. The van der Waals surface area contributed by atoms with E-state index in [9.17, 15) is 8.78 Å². The second-order valence-corrected chi connectivity index (χ2v) is 8.05. The molecule has 0 radical (unpaired) electrons. The predicted molar refractivity (Wildman–Crippen MR) is 107 cm³/mol. The van der Waals surface area contributed by atoms with Crippen molar-refractivity contribution in [2.75, 3.05) is 20.3 Å². The summed E-state index contributed by atoms with van der Waals surface area (Å²) in [4.78, 5) is 10.8. The summed E-state index contributed by atoms with van der Waals surface area (Å²) in [5, 5.41) is 1.44. The van der Waals surface area contributed by atoms with E-state index < -0.39 is 17.4 Å². The van der Waals surface area contributed by atoms with E-state index in [0.29, 0.717) is 35.5 Å². The molecule has 1 fully saturated rings. The van der Waals surface area contributed by atoms with Gasteiger partial charge in [-0.3, -0.25) is 0 Å². The molecular formula is C22H23F2N3O3. The molecule has 3 atom stereocenters. The number of aliphatic imine (C=N–C) groups is 1. The van der Waals surface area contributed by atoms with Crippen LogP contribution >= 0.6 is 0 Å². The molecule has 6 nitrogen and oxygen atoms in total. The van der Waals surface area contributed by atoms with E-state index in [-0.39, 0.29) is 18.0 Å². The zero-order chi connectivity index (χ0) is 20.9. The number of rotatable bonds is 2. The number of halogens is 2. The van der Waals surface area contributed by atoms with Gasteiger partial charge in [0.25, 0.3) is 0 Å². The fraction of sp³-hybridized carbons (Fsp3) is 0.409. The van der Waals surface area contributed by atoms with Crippen LogP contribution in [0.2, 0.25) is 0 Å². The maximum absolute atomic E-state index is 13.8. The third kappa shape index (κ3) is 3.30. The van der Waals surface area contributed by atoms with Gasteiger partial charge in [-0.1, -0.05) is 6.07 Å². The Bertz CT molecular complexity index is 989. The van der Waals surface area contributed by atoms with Gasteiger partial charge < -0.3 is 15.2 Å². The maximum Gasteiger partial charge on any atom is 0.221 e. The van der Waals surface area contributed by atoms with Crippen molar-refractivity contribution < 1.29 is 23.1 Å². The Hall–Kier alpha value is -2.71. The number of fused-ring (bicyclic) bond motifs is 2. The molecule has 30 heavy (non-hydrogen) atoms. The Morgan fingerprint density at radius 2 is 1.93 bits per heavy atom. The van der Waals surface area contributed by atoms with Crippen molar-refractivity contribution >= 4 is 5.96 Å². The minimum Gasteiger partial charge on any atom is -0.489 e. The second kappa shape index (κ2) is 7.21. The van der Waals surface area contributed by atoms with Crippen LogP contribution < -0.4 is 10.5 Å². The van der Waals surface area contributed by atoms with Gasteiger partial charge in [0.2, 0.25) is 11.7 Å². The van der Waals surface area contributed by atoms with E-state index in [4.69, 9.17) is 20.0 Å². The van der Waals surface area contributed by atoms with Gasteiger partial charge in [0.05, 0.1) is 12.2 Å². The largest absolute Gasteiger partial charge is 0.489 e. The third-order valence-electron chi connectivity index (χ3n) is 5.98. The lowest BCUT2D eigenvalue weighted by Crippen LogP contribution is -2.44. The zero-order valence-corrected chi connectivity index (χ0v) is 16.6. The average Bonchev–Trinajstić information content (AvgIpc) is 3.01. The predicted octanol–water partition coefficient (Wildman–Crippen LogP) is 3.55. The van der Waals surface area contributed by atoms with Gasteiger partial charge in [-0.15, -0.1) is 0 Å². The molecular weight excluding hydrogens is 392 g/mol. The lowest BCUT2D eigenvalue weighted by Gasteiger charge is -2.41. The Labute approximate surface area is 173 Å². The number of hydrogen-bond donors (Lipinski definition) is 1. The molecule has 0 unspecified atom stereocenters. The van der Waals surface area contributed by atoms with Crippen LogP contribution in [0.25, 0.3) is 11.1 Å². The minimum atomic E-state index is -1.05. The Morgan fingerprint density at radius 3 is 2.60 bits per heavy atom. The number of nitrogens with zero attached hydrogens (tertiary/aromatic N) is 2. The first kappa shape index (κ1) is 19.3. The summed E-state index contributed by atoms with van der Waals surface area (Å²) in [6.45, 7) is 1.40. The van der Waals surface area contributed by atoms with Crippen LogP contribution in [0.3, 0.4) is 0 Å². The van der Waals surface area contributed by atoms with Gasteiger partial charge in [-0.05, 0) is 48.2 Å². The molecule has 3 aliphatic heterocycles. The van der Waals surface area contributed by atoms with Crippen molar-refractivity contribution in [3.63, 3.8) is 0 Å². The van der Waals surface area contributed by atoms with E-state index in [2.05, 4.69) is 4.99 Å². The highest BCUT2D eigenvalue weighted by atomic mass is 19.1. The number of benzene rings is 2. The number of guanidine groups is 1. The summed E-state index contributed by atoms with van der Waals surface area (Å²) in [6.07, 6.45) is 2.32. The fourth-order valence-corrected chi connectivity index (χ4v) is 4.49. The van der Waals surface area contributed by atoms with Gasteiger partial charge >= 0.3 is 0 Å².